The number of carbonyl (C=O) groups excluding carboxylic acids is 1. The highest BCUT2D eigenvalue weighted by atomic mass is 79.9. The molecule has 0 saturated heterocycles. The van der Waals surface area contributed by atoms with Crippen LogP contribution >= 0.6 is 15.9 Å². The topological polar surface area (TPSA) is 94.8 Å². The van der Waals surface area contributed by atoms with Gasteiger partial charge in [0.05, 0.1) is 24.2 Å². The first-order valence-corrected chi connectivity index (χ1v) is 12.8. The predicted molar refractivity (Wildman–Crippen MR) is 154 cm³/mol. The molecule has 1 N–H and O–H groups in total. The Labute approximate surface area is 229 Å². The number of rotatable bonds is 7. The average molecular weight is 577 g/mol. The second-order valence-corrected chi connectivity index (χ2v) is 10.7. The molecule has 0 saturated carbocycles. The summed E-state index contributed by atoms with van der Waals surface area (Å²) in [5.41, 5.74) is 2.42. The molecular formula is C29H29BrN4O4. The number of hydrogen-bond acceptors (Lipinski definition) is 6. The molecule has 1 aromatic heterocycles. The lowest BCUT2D eigenvalue weighted by Gasteiger charge is -2.20. The first-order valence-electron chi connectivity index (χ1n) is 12.0. The molecule has 0 spiro atoms. The first kappa shape index (κ1) is 27.1. The van der Waals surface area contributed by atoms with E-state index in [0.29, 0.717) is 39.5 Å². The molecule has 0 fully saturated rings. The van der Waals surface area contributed by atoms with Gasteiger partial charge in [-0.1, -0.05) is 54.4 Å². The van der Waals surface area contributed by atoms with E-state index in [1.54, 1.807) is 30.5 Å². The number of methoxy groups -OCH3 is 1. The fraction of sp³-hybridized carbons (Fsp3) is 0.241. The summed E-state index contributed by atoms with van der Waals surface area (Å²) in [6.45, 7) is 7.75. The van der Waals surface area contributed by atoms with Crippen molar-refractivity contribution in [3.8, 4) is 11.5 Å². The Balaban J connectivity index is 1.56. The van der Waals surface area contributed by atoms with Crippen LogP contribution in [0, 0.1) is 6.92 Å². The molecule has 3 aromatic carbocycles. The zero-order chi connectivity index (χ0) is 27.4. The van der Waals surface area contributed by atoms with E-state index >= 15 is 0 Å². The minimum Gasteiger partial charge on any atom is -0.493 e. The summed E-state index contributed by atoms with van der Waals surface area (Å²) in [5.74, 6) is 1.10. The number of benzene rings is 3. The van der Waals surface area contributed by atoms with Crippen molar-refractivity contribution in [3.05, 3.63) is 92.4 Å². The lowest BCUT2D eigenvalue weighted by molar-refractivity contribution is -0.118. The molecule has 4 rings (SSSR count). The van der Waals surface area contributed by atoms with Crippen LogP contribution in [-0.2, 0) is 10.2 Å². The SMILES string of the molecule is COc1cc(C=Nn2c(C(C)(C)C)nc3ccc(Br)cc3c2=O)ccc1OCC(=O)Nc1ccc(C)cc1. The Morgan fingerprint density at radius 1 is 1.08 bits per heavy atom. The largest absolute Gasteiger partial charge is 0.493 e. The molecule has 0 atom stereocenters. The third kappa shape index (κ3) is 6.28. The van der Waals surface area contributed by atoms with Crippen LogP contribution in [0.4, 0.5) is 5.69 Å². The quantitative estimate of drug-likeness (QED) is 0.286. The second-order valence-electron chi connectivity index (χ2n) is 9.82. The standard InChI is InChI=1S/C29H29BrN4O4/c1-18-6-10-21(11-7-18)32-26(35)17-38-24-13-8-19(14-25(24)37-5)16-31-34-27(36)22-15-20(30)9-12-23(22)33-28(34)29(2,3)4/h6-16H,17H2,1-5H3,(H,32,35). The monoisotopic (exact) mass is 576 g/mol. The third-order valence-corrected chi connectivity index (χ3v) is 6.18. The number of nitrogens with one attached hydrogen (secondary N) is 1. The van der Waals surface area contributed by atoms with Crippen LogP contribution in [0.1, 0.15) is 37.7 Å². The van der Waals surface area contributed by atoms with Crippen LogP contribution in [0.2, 0.25) is 0 Å². The highest BCUT2D eigenvalue weighted by Gasteiger charge is 2.23. The normalized spacial score (nSPS) is 11.6. The molecule has 38 heavy (non-hydrogen) atoms. The van der Waals surface area contributed by atoms with Crippen LogP contribution in [-0.4, -0.2) is 35.5 Å². The number of halogens is 1. The minimum absolute atomic E-state index is 0.180. The van der Waals surface area contributed by atoms with Gasteiger partial charge in [-0.2, -0.15) is 9.78 Å². The van der Waals surface area contributed by atoms with Gasteiger partial charge < -0.3 is 14.8 Å². The number of amides is 1. The van der Waals surface area contributed by atoms with Crippen molar-refractivity contribution >= 4 is 44.6 Å². The van der Waals surface area contributed by atoms with Gasteiger partial charge in [-0.25, -0.2) is 4.98 Å². The lowest BCUT2D eigenvalue weighted by Crippen LogP contribution is -2.29. The van der Waals surface area contributed by atoms with E-state index in [4.69, 9.17) is 14.5 Å². The summed E-state index contributed by atoms with van der Waals surface area (Å²) < 4.78 is 13.3. The van der Waals surface area contributed by atoms with Crippen molar-refractivity contribution in [3.63, 3.8) is 0 Å². The van der Waals surface area contributed by atoms with Gasteiger partial charge >= 0.3 is 0 Å². The zero-order valence-corrected chi connectivity index (χ0v) is 23.5. The van der Waals surface area contributed by atoms with Crippen LogP contribution in [0.25, 0.3) is 10.9 Å². The summed E-state index contributed by atoms with van der Waals surface area (Å²) in [7, 11) is 1.52. The van der Waals surface area contributed by atoms with Crippen molar-refractivity contribution in [2.45, 2.75) is 33.1 Å². The molecule has 196 valence electrons. The molecule has 1 heterocycles. The number of fused-ring (bicyclic) bond motifs is 1. The van der Waals surface area contributed by atoms with Crippen molar-refractivity contribution in [2.75, 3.05) is 19.0 Å². The van der Waals surface area contributed by atoms with E-state index in [9.17, 15) is 9.59 Å². The lowest BCUT2D eigenvalue weighted by atomic mass is 9.95. The van der Waals surface area contributed by atoms with Gasteiger partial charge in [0.25, 0.3) is 11.5 Å². The minimum atomic E-state index is -0.424. The Hall–Kier alpha value is -3.98. The van der Waals surface area contributed by atoms with E-state index in [1.807, 2.05) is 64.1 Å². The van der Waals surface area contributed by atoms with Gasteiger partial charge in [0, 0.05) is 15.6 Å². The van der Waals surface area contributed by atoms with Gasteiger partial charge in [-0.3, -0.25) is 9.59 Å². The number of nitrogens with zero attached hydrogens (tertiary/aromatic N) is 3. The molecule has 0 aliphatic heterocycles. The third-order valence-electron chi connectivity index (χ3n) is 5.68. The molecule has 8 nitrogen and oxygen atoms in total. The van der Waals surface area contributed by atoms with Gasteiger partial charge in [0.15, 0.2) is 18.1 Å². The van der Waals surface area contributed by atoms with Crippen molar-refractivity contribution in [2.24, 2.45) is 5.10 Å². The van der Waals surface area contributed by atoms with Crippen LogP contribution in [0.3, 0.4) is 0 Å². The molecule has 1 amide bonds. The number of aryl methyl sites for hydroxylation is 1. The maximum atomic E-state index is 13.3. The number of anilines is 1. The van der Waals surface area contributed by atoms with Crippen molar-refractivity contribution in [1.82, 2.24) is 9.66 Å². The maximum absolute atomic E-state index is 13.3. The number of carbonyl (C=O) groups is 1. The predicted octanol–water partition coefficient (Wildman–Crippen LogP) is 5.67. The summed E-state index contributed by atoms with van der Waals surface area (Å²) in [6.07, 6.45) is 1.57. The summed E-state index contributed by atoms with van der Waals surface area (Å²) in [6, 6.07) is 18.1. The molecule has 0 aliphatic rings. The van der Waals surface area contributed by atoms with E-state index in [2.05, 4.69) is 26.3 Å². The van der Waals surface area contributed by atoms with Gasteiger partial charge in [-0.05, 0) is 61.0 Å². The van der Waals surface area contributed by atoms with Crippen molar-refractivity contribution < 1.29 is 14.3 Å². The van der Waals surface area contributed by atoms with Crippen molar-refractivity contribution in [1.29, 1.82) is 0 Å². The number of aromatic nitrogens is 2. The van der Waals surface area contributed by atoms with E-state index in [1.165, 1.54) is 11.8 Å². The summed E-state index contributed by atoms with van der Waals surface area (Å²) in [5, 5.41) is 7.76. The van der Waals surface area contributed by atoms with E-state index < -0.39 is 5.41 Å². The maximum Gasteiger partial charge on any atom is 0.282 e. The van der Waals surface area contributed by atoms with Crippen LogP contribution in [0.15, 0.2) is 75.0 Å². The van der Waals surface area contributed by atoms with E-state index in [-0.39, 0.29) is 18.1 Å². The molecule has 9 heteroatoms. The zero-order valence-electron chi connectivity index (χ0n) is 21.9. The van der Waals surface area contributed by atoms with E-state index in [0.717, 1.165) is 10.0 Å². The fourth-order valence-electron chi connectivity index (χ4n) is 3.73. The number of ether oxygens (including phenoxy) is 2. The Bertz CT molecular complexity index is 1570. The van der Waals surface area contributed by atoms with Crippen LogP contribution in [0.5, 0.6) is 11.5 Å². The average Bonchev–Trinajstić information content (AvgIpc) is 2.88. The molecule has 0 radical (unpaired) electrons. The van der Waals surface area contributed by atoms with Gasteiger partial charge in [0.2, 0.25) is 0 Å². The van der Waals surface area contributed by atoms with Gasteiger partial charge in [0.1, 0.15) is 5.82 Å². The van der Waals surface area contributed by atoms with Gasteiger partial charge in [-0.15, -0.1) is 0 Å². The molecule has 0 aliphatic carbocycles. The molecule has 4 aromatic rings. The highest BCUT2D eigenvalue weighted by Crippen LogP contribution is 2.28. The smallest absolute Gasteiger partial charge is 0.282 e. The molecule has 0 bridgehead atoms. The molecule has 0 unspecified atom stereocenters. The molecular weight excluding hydrogens is 548 g/mol. The summed E-state index contributed by atoms with van der Waals surface area (Å²) in [4.78, 5) is 30.4. The number of hydrogen-bond donors (Lipinski definition) is 1. The van der Waals surface area contributed by atoms with Crippen LogP contribution < -0.4 is 20.3 Å². The Kier molecular flexibility index (Phi) is 7.97. The Morgan fingerprint density at radius 3 is 2.50 bits per heavy atom. The Morgan fingerprint density at radius 2 is 1.82 bits per heavy atom. The first-order chi connectivity index (χ1) is 18.0. The fourth-order valence-corrected chi connectivity index (χ4v) is 4.09. The summed E-state index contributed by atoms with van der Waals surface area (Å²) >= 11 is 3.42. The highest BCUT2D eigenvalue weighted by molar-refractivity contribution is 9.10. The second kappa shape index (κ2) is 11.2.